The van der Waals surface area contributed by atoms with Gasteiger partial charge in [-0.15, -0.1) is 11.3 Å². The number of hydrogen-bond acceptors (Lipinski definition) is 4. The zero-order chi connectivity index (χ0) is 18.4. The number of aryl methyl sites for hydroxylation is 1. The molecule has 1 aromatic carbocycles. The van der Waals surface area contributed by atoms with Crippen molar-refractivity contribution in [3.05, 3.63) is 54.8 Å². The highest BCUT2D eigenvalue weighted by atomic mass is 35.5. The third-order valence-electron chi connectivity index (χ3n) is 4.23. The van der Waals surface area contributed by atoms with E-state index in [1.165, 1.54) is 4.88 Å². The predicted octanol–water partition coefficient (Wildman–Crippen LogP) is 5.84. The minimum absolute atomic E-state index is 0.289. The summed E-state index contributed by atoms with van der Waals surface area (Å²) in [6, 6.07) is 7.09. The van der Waals surface area contributed by atoms with Crippen molar-refractivity contribution in [3.63, 3.8) is 0 Å². The van der Waals surface area contributed by atoms with Crippen molar-refractivity contribution < 1.29 is 9.53 Å². The van der Waals surface area contributed by atoms with Crippen LogP contribution in [-0.4, -0.2) is 22.4 Å². The number of esters is 1. The number of aromatic nitrogens is 2. The van der Waals surface area contributed by atoms with E-state index < -0.39 is 5.97 Å². The molecule has 2 aromatic heterocycles. The third kappa shape index (κ3) is 2.93. The average molecular weight is 428 g/mol. The predicted molar refractivity (Wildman–Crippen MR) is 105 cm³/mol. The fourth-order valence-electron chi connectivity index (χ4n) is 3.18. The van der Waals surface area contributed by atoms with Crippen LogP contribution in [0.5, 0.6) is 0 Å². The van der Waals surface area contributed by atoms with Crippen LogP contribution < -0.4 is 0 Å². The molecule has 26 heavy (non-hydrogen) atoms. The van der Waals surface area contributed by atoms with E-state index in [-0.39, 0.29) is 6.61 Å². The Balaban J connectivity index is 1.99. The molecule has 0 saturated carbocycles. The van der Waals surface area contributed by atoms with Crippen LogP contribution in [0.25, 0.3) is 16.9 Å². The number of fused-ring (bicyclic) bond motifs is 3. The zero-order valence-electron chi connectivity index (χ0n) is 13.7. The van der Waals surface area contributed by atoms with E-state index in [0.717, 1.165) is 23.2 Å². The Hall–Kier alpha value is -1.53. The van der Waals surface area contributed by atoms with Gasteiger partial charge in [0.25, 0.3) is 0 Å². The summed E-state index contributed by atoms with van der Waals surface area (Å²) in [6.07, 6.45) is 1.50. The Labute approximate surface area is 169 Å². The first-order valence-corrected chi connectivity index (χ1v) is 9.97. The highest BCUT2D eigenvalue weighted by molar-refractivity contribution is 7.16. The van der Waals surface area contributed by atoms with Gasteiger partial charge < -0.3 is 4.74 Å². The van der Waals surface area contributed by atoms with Crippen molar-refractivity contribution in [2.75, 3.05) is 6.61 Å². The smallest absolute Gasteiger partial charge is 0.359 e. The lowest BCUT2D eigenvalue weighted by molar-refractivity contribution is 0.0517. The first-order chi connectivity index (χ1) is 12.5. The van der Waals surface area contributed by atoms with E-state index in [9.17, 15) is 4.79 Å². The molecule has 134 valence electrons. The van der Waals surface area contributed by atoms with Gasteiger partial charge in [0.1, 0.15) is 0 Å². The molecule has 0 bridgehead atoms. The molecule has 8 heteroatoms. The first-order valence-electron chi connectivity index (χ1n) is 8.02. The van der Waals surface area contributed by atoms with Gasteiger partial charge in [-0.1, -0.05) is 34.8 Å². The molecule has 4 nitrogen and oxygen atoms in total. The lowest BCUT2D eigenvalue weighted by atomic mass is 9.94. The molecule has 0 spiro atoms. The minimum atomic E-state index is -0.433. The number of carbonyl (C=O) groups is 1. The SMILES string of the molecule is CCOC(=O)c1nn(-c2ccc(Cl)cc2Cl)c2c1CCc1sc(Cl)cc1-2. The second kappa shape index (κ2) is 6.89. The molecule has 0 N–H and O–H groups in total. The van der Waals surface area contributed by atoms with Crippen molar-refractivity contribution in [1.82, 2.24) is 9.78 Å². The van der Waals surface area contributed by atoms with Crippen LogP contribution in [0.4, 0.5) is 0 Å². The molecule has 0 fully saturated rings. The Bertz CT molecular complexity index is 1030. The standard InChI is InChI=1S/C18H13Cl3N2O2S/c1-2-25-18(24)16-10-4-6-14-11(8-15(21)26-14)17(10)23(22-16)13-5-3-9(19)7-12(13)20/h3,5,7-8H,2,4,6H2,1H3. The van der Waals surface area contributed by atoms with Gasteiger partial charge in [0.15, 0.2) is 5.69 Å². The van der Waals surface area contributed by atoms with Crippen molar-refractivity contribution in [1.29, 1.82) is 0 Å². The van der Waals surface area contributed by atoms with Gasteiger partial charge in [-0.25, -0.2) is 9.48 Å². The second-order valence-electron chi connectivity index (χ2n) is 5.79. The van der Waals surface area contributed by atoms with E-state index in [1.54, 1.807) is 41.1 Å². The molecule has 0 atom stereocenters. The topological polar surface area (TPSA) is 44.1 Å². The lowest BCUT2D eigenvalue weighted by Gasteiger charge is -2.15. The molecule has 0 aliphatic heterocycles. The molecule has 3 aromatic rings. The Morgan fingerprint density at radius 2 is 2.08 bits per heavy atom. The minimum Gasteiger partial charge on any atom is -0.461 e. The monoisotopic (exact) mass is 426 g/mol. The number of halogens is 3. The zero-order valence-corrected chi connectivity index (χ0v) is 16.8. The van der Waals surface area contributed by atoms with Crippen LogP contribution in [0.1, 0.15) is 27.9 Å². The maximum absolute atomic E-state index is 12.4. The molecular formula is C18H13Cl3N2O2S. The number of rotatable bonds is 3. The lowest BCUT2D eigenvalue weighted by Crippen LogP contribution is -2.10. The molecule has 2 heterocycles. The maximum atomic E-state index is 12.4. The normalized spacial score (nSPS) is 12.6. The molecule has 4 rings (SSSR count). The van der Waals surface area contributed by atoms with E-state index in [4.69, 9.17) is 39.5 Å². The van der Waals surface area contributed by atoms with Gasteiger partial charge in [-0.05, 0) is 44.0 Å². The third-order valence-corrected chi connectivity index (χ3v) is 6.09. The van der Waals surface area contributed by atoms with Gasteiger partial charge in [-0.2, -0.15) is 5.10 Å². The van der Waals surface area contributed by atoms with Gasteiger partial charge in [0.05, 0.1) is 27.3 Å². The van der Waals surface area contributed by atoms with Crippen LogP contribution in [0.3, 0.4) is 0 Å². The van der Waals surface area contributed by atoms with E-state index >= 15 is 0 Å². The Morgan fingerprint density at radius 1 is 1.27 bits per heavy atom. The van der Waals surface area contributed by atoms with E-state index in [2.05, 4.69) is 5.10 Å². The van der Waals surface area contributed by atoms with Crippen LogP contribution >= 0.6 is 46.1 Å². The molecule has 0 radical (unpaired) electrons. The fourth-order valence-corrected chi connectivity index (χ4v) is 4.93. The summed E-state index contributed by atoms with van der Waals surface area (Å²) in [6.45, 7) is 2.06. The number of carbonyl (C=O) groups excluding carboxylic acids is 1. The molecule has 1 aliphatic rings. The molecule has 1 aliphatic carbocycles. The summed E-state index contributed by atoms with van der Waals surface area (Å²) in [5, 5.41) is 5.54. The average Bonchev–Trinajstić information content (AvgIpc) is 3.14. The maximum Gasteiger partial charge on any atom is 0.359 e. The van der Waals surface area contributed by atoms with Gasteiger partial charge in [0, 0.05) is 21.0 Å². The molecule has 0 amide bonds. The number of hydrogen-bond donors (Lipinski definition) is 0. The summed E-state index contributed by atoms with van der Waals surface area (Å²) in [7, 11) is 0. The van der Waals surface area contributed by atoms with Crippen molar-refractivity contribution in [3.8, 4) is 16.9 Å². The van der Waals surface area contributed by atoms with Crippen molar-refractivity contribution in [2.45, 2.75) is 19.8 Å². The quantitative estimate of drug-likeness (QED) is 0.493. The van der Waals surface area contributed by atoms with Crippen LogP contribution in [0.15, 0.2) is 24.3 Å². The Kier molecular flexibility index (Phi) is 4.73. The summed E-state index contributed by atoms with van der Waals surface area (Å²) in [5.41, 5.74) is 3.65. The highest BCUT2D eigenvalue weighted by Crippen LogP contribution is 2.43. The van der Waals surface area contributed by atoms with E-state index in [1.807, 2.05) is 6.07 Å². The highest BCUT2D eigenvalue weighted by Gasteiger charge is 2.31. The van der Waals surface area contributed by atoms with E-state index in [0.29, 0.717) is 32.2 Å². The fraction of sp³-hybridized carbons (Fsp3) is 0.222. The van der Waals surface area contributed by atoms with Crippen molar-refractivity contribution in [2.24, 2.45) is 0 Å². The number of benzene rings is 1. The number of ether oxygens (including phenoxy) is 1. The summed E-state index contributed by atoms with van der Waals surface area (Å²) >= 11 is 20.2. The van der Waals surface area contributed by atoms with Gasteiger partial charge in [0.2, 0.25) is 0 Å². The second-order valence-corrected chi connectivity index (χ2v) is 8.40. The molecule has 0 saturated heterocycles. The largest absolute Gasteiger partial charge is 0.461 e. The summed E-state index contributed by atoms with van der Waals surface area (Å²) in [4.78, 5) is 13.6. The number of thiophene rings is 1. The first kappa shape index (κ1) is 17.9. The van der Waals surface area contributed by atoms with Crippen LogP contribution in [0, 0.1) is 0 Å². The molecule has 0 unspecified atom stereocenters. The number of nitrogens with zero attached hydrogens (tertiary/aromatic N) is 2. The Morgan fingerprint density at radius 3 is 2.81 bits per heavy atom. The summed E-state index contributed by atoms with van der Waals surface area (Å²) in [5.74, 6) is -0.433. The van der Waals surface area contributed by atoms with Crippen molar-refractivity contribution >= 4 is 52.1 Å². The molecular weight excluding hydrogens is 415 g/mol. The van der Waals surface area contributed by atoms with Gasteiger partial charge >= 0.3 is 5.97 Å². The summed E-state index contributed by atoms with van der Waals surface area (Å²) < 4.78 is 7.59. The van der Waals surface area contributed by atoms with Gasteiger partial charge in [-0.3, -0.25) is 0 Å². The van der Waals surface area contributed by atoms with Crippen LogP contribution in [-0.2, 0) is 17.6 Å². The van der Waals surface area contributed by atoms with Crippen LogP contribution in [0.2, 0.25) is 14.4 Å².